The van der Waals surface area contributed by atoms with Crippen LogP contribution in [0.3, 0.4) is 0 Å². The quantitative estimate of drug-likeness (QED) is 0.601. The first kappa shape index (κ1) is 14.7. The van der Waals surface area contributed by atoms with Gasteiger partial charge in [0, 0.05) is 42.7 Å². The third-order valence-electron chi connectivity index (χ3n) is 2.86. The molecule has 1 N–H and O–H groups in total. The first-order valence-corrected chi connectivity index (χ1v) is 6.25. The summed E-state index contributed by atoms with van der Waals surface area (Å²) in [5.41, 5.74) is 0.598. The molecule has 7 nitrogen and oxygen atoms in total. The van der Waals surface area contributed by atoms with Crippen LogP contribution in [-0.2, 0) is 9.53 Å². The molecule has 1 atom stereocenters. The molecule has 0 saturated carbocycles. The number of aromatic nitrogens is 2. The van der Waals surface area contributed by atoms with Crippen molar-refractivity contribution in [2.45, 2.75) is 6.04 Å². The summed E-state index contributed by atoms with van der Waals surface area (Å²) in [5, 5.41) is 13.1. The molecule has 0 aliphatic rings. The zero-order valence-corrected chi connectivity index (χ0v) is 11.4. The second-order valence-electron chi connectivity index (χ2n) is 4.16. The zero-order chi connectivity index (χ0) is 15.1. The van der Waals surface area contributed by atoms with Crippen LogP contribution < -0.4 is 10.1 Å². The Kier molecular flexibility index (Phi) is 5.01. The Balaban J connectivity index is 2.38. The van der Waals surface area contributed by atoms with Crippen LogP contribution in [0.15, 0.2) is 24.7 Å². The molecule has 1 amide bonds. The molecule has 108 valence electrons. The van der Waals surface area contributed by atoms with Gasteiger partial charge in [0.05, 0.1) is 12.7 Å². The second-order valence-corrected chi connectivity index (χ2v) is 4.16. The van der Waals surface area contributed by atoms with Gasteiger partial charge in [-0.25, -0.2) is 4.98 Å². The van der Waals surface area contributed by atoms with Gasteiger partial charge in [-0.2, -0.15) is 5.26 Å². The maximum absolute atomic E-state index is 10.6. The van der Waals surface area contributed by atoms with E-state index in [4.69, 9.17) is 14.7 Å². The number of nitrogens with zero attached hydrogens (tertiary/aromatic N) is 3. The normalized spacial score (nSPS) is 11.6. The van der Waals surface area contributed by atoms with Crippen molar-refractivity contribution in [3.63, 3.8) is 0 Å². The molecule has 2 aromatic rings. The monoisotopic (exact) mass is 286 g/mol. The van der Waals surface area contributed by atoms with Gasteiger partial charge in [-0.3, -0.25) is 9.78 Å². The van der Waals surface area contributed by atoms with Crippen LogP contribution in [0, 0.1) is 11.3 Å². The van der Waals surface area contributed by atoms with Gasteiger partial charge >= 0.3 is 0 Å². The van der Waals surface area contributed by atoms with E-state index in [0.29, 0.717) is 31.1 Å². The average molecular weight is 286 g/mol. The van der Waals surface area contributed by atoms with E-state index in [1.54, 1.807) is 31.8 Å². The molecule has 0 spiro atoms. The summed E-state index contributed by atoms with van der Waals surface area (Å²) < 4.78 is 10.4. The van der Waals surface area contributed by atoms with Crippen LogP contribution in [-0.4, -0.2) is 36.7 Å². The van der Waals surface area contributed by atoms with Gasteiger partial charge in [0.25, 0.3) is 0 Å². The summed E-state index contributed by atoms with van der Waals surface area (Å²) in [6.07, 6.45) is 5.29. The molecule has 0 aromatic carbocycles. The zero-order valence-electron chi connectivity index (χ0n) is 11.4. The van der Waals surface area contributed by atoms with Gasteiger partial charge in [0.1, 0.15) is 12.6 Å². The fraction of sp³-hybridized carbons (Fsp3) is 0.286. The Hall–Kier alpha value is -2.72. The van der Waals surface area contributed by atoms with Crippen molar-refractivity contribution in [1.82, 2.24) is 15.3 Å². The van der Waals surface area contributed by atoms with Gasteiger partial charge in [0.2, 0.25) is 12.3 Å². The lowest BCUT2D eigenvalue weighted by Crippen LogP contribution is -2.18. The van der Waals surface area contributed by atoms with Crippen molar-refractivity contribution in [2.24, 2.45) is 0 Å². The largest absolute Gasteiger partial charge is 0.475 e. The molecular weight excluding hydrogens is 272 g/mol. The fourth-order valence-corrected chi connectivity index (χ4v) is 1.87. The Morgan fingerprint density at radius 2 is 2.29 bits per heavy atom. The highest BCUT2D eigenvalue weighted by atomic mass is 16.5. The van der Waals surface area contributed by atoms with Crippen molar-refractivity contribution in [3.8, 4) is 11.9 Å². The number of pyridine rings is 2. The highest BCUT2D eigenvalue weighted by molar-refractivity contribution is 5.85. The molecule has 2 rings (SSSR count). The minimum atomic E-state index is -0.770. The summed E-state index contributed by atoms with van der Waals surface area (Å²) >= 11 is 0. The summed E-state index contributed by atoms with van der Waals surface area (Å²) in [7, 11) is 1.59. The van der Waals surface area contributed by atoms with Crippen LogP contribution in [0.25, 0.3) is 10.8 Å². The van der Waals surface area contributed by atoms with Crippen molar-refractivity contribution < 1.29 is 14.3 Å². The number of amides is 1. The van der Waals surface area contributed by atoms with Gasteiger partial charge < -0.3 is 14.8 Å². The van der Waals surface area contributed by atoms with Crippen molar-refractivity contribution >= 4 is 17.2 Å². The molecule has 7 heteroatoms. The molecule has 0 saturated heterocycles. The first-order chi connectivity index (χ1) is 10.3. The number of ether oxygens (including phenoxy) is 2. The summed E-state index contributed by atoms with van der Waals surface area (Å²) in [6.45, 7) is 0.833. The Labute approximate surface area is 121 Å². The van der Waals surface area contributed by atoms with Gasteiger partial charge in [0.15, 0.2) is 0 Å². The molecule has 1 unspecified atom stereocenters. The summed E-state index contributed by atoms with van der Waals surface area (Å²) in [5.74, 6) is 0.426. The van der Waals surface area contributed by atoms with Crippen molar-refractivity contribution in [1.29, 1.82) is 5.26 Å². The van der Waals surface area contributed by atoms with E-state index in [1.807, 2.05) is 6.07 Å². The number of nitriles is 1. The van der Waals surface area contributed by atoms with Crippen LogP contribution in [0.4, 0.5) is 0 Å². The lowest BCUT2D eigenvalue weighted by Gasteiger charge is -2.12. The van der Waals surface area contributed by atoms with Gasteiger partial charge in [-0.05, 0) is 5.39 Å². The lowest BCUT2D eigenvalue weighted by atomic mass is 10.0. The minimum Gasteiger partial charge on any atom is -0.475 e. The number of hydrogen-bond acceptors (Lipinski definition) is 6. The van der Waals surface area contributed by atoms with E-state index in [0.717, 1.165) is 10.8 Å². The Morgan fingerprint density at radius 3 is 3.00 bits per heavy atom. The standard InChI is InChI=1S/C14H14N4O3/c1-20-2-3-21-14-4-11-10(7-17-14)6-16-8-12(11)13(5-15)18-9-19/h4,6-9,13H,2-3H2,1H3,(H,18,19). The molecule has 0 radical (unpaired) electrons. The topological polar surface area (TPSA) is 97.1 Å². The van der Waals surface area contributed by atoms with E-state index in [-0.39, 0.29) is 0 Å². The van der Waals surface area contributed by atoms with Gasteiger partial charge in [-0.15, -0.1) is 0 Å². The predicted octanol–water partition coefficient (Wildman–Crippen LogP) is 0.966. The van der Waals surface area contributed by atoms with E-state index < -0.39 is 6.04 Å². The van der Waals surface area contributed by atoms with Crippen LogP contribution in [0.2, 0.25) is 0 Å². The summed E-state index contributed by atoms with van der Waals surface area (Å²) in [6, 6.07) is 2.97. The molecule has 0 aliphatic heterocycles. The number of methoxy groups -OCH3 is 1. The third kappa shape index (κ3) is 3.43. The number of rotatable bonds is 7. The maximum atomic E-state index is 10.6. The lowest BCUT2D eigenvalue weighted by molar-refractivity contribution is -0.109. The second kappa shape index (κ2) is 7.17. The molecular formula is C14H14N4O3. The van der Waals surface area contributed by atoms with Crippen molar-refractivity contribution in [3.05, 3.63) is 30.2 Å². The fourth-order valence-electron chi connectivity index (χ4n) is 1.87. The van der Waals surface area contributed by atoms with E-state index in [9.17, 15) is 4.79 Å². The van der Waals surface area contributed by atoms with Crippen LogP contribution in [0.1, 0.15) is 11.6 Å². The van der Waals surface area contributed by atoms with Crippen LogP contribution in [0.5, 0.6) is 5.88 Å². The predicted molar refractivity (Wildman–Crippen MR) is 74.5 cm³/mol. The molecule has 2 aromatic heterocycles. The summed E-state index contributed by atoms with van der Waals surface area (Å²) in [4.78, 5) is 18.8. The van der Waals surface area contributed by atoms with Gasteiger partial charge in [-0.1, -0.05) is 0 Å². The molecule has 21 heavy (non-hydrogen) atoms. The Bertz CT molecular complexity index is 669. The number of carbonyl (C=O) groups excluding carboxylic acids is 1. The van der Waals surface area contributed by atoms with E-state index >= 15 is 0 Å². The molecule has 0 bridgehead atoms. The third-order valence-corrected chi connectivity index (χ3v) is 2.86. The minimum absolute atomic E-state index is 0.379. The molecule has 0 aliphatic carbocycles. The number of nitrogens with one attached hydrogen (secondary N) is 1. The SMILES string of the molecule is COCCOc1cc2c(C(C#N)NC=O)cncc2cn1. The molecule has 0 fully saturated rings. The maximum Gasteiger partial charge on any atom is 0.213 e. The number of fused-ring (bicyclic) bond motifs is 1. The van der Waals surface area contributed by atoms with Crippen LogP contribution >= 0.6 is 0 Å². The highest BCUT2D eigenvalue weighted by Crippen LogP contribution is 2.25. The van der Waals surface area contributed by atoms with E-state index in [2.05, 4.69) is 15.3 Å². The molecule has 2 heterocycles. The number of carbonyl (C=O) groups is 1. The Morgan fingerprint density at radius 1 is 1.43 bits per heavy atom. The number of hydrogen-bond donors (Lipinski definition) is 1. The van der Waals surface area contributed by atoms with E-state index in [1.165, 1.54) is 0 Å². The highest BCUT2D eigenvalue weighted by Gasteiger charge is 2.14. The smallest absolute Gasteiger partial charge is 0.213 e. The van der Waals surface area contributed by atoms with Crippen molar-refractivity contribution in [2.75, 3.05) is 20.3 Å². The average Bonchev–Trinajstić information content (AvgIpc) is 2.52. The first-order valence-electron chi connectivity index (χ1n) is 6.25.